The number of furan rings is 1. The van der Waals surface area contributed by atoms with Gasteiger partial charge >= 0.3 is 0 Å². The molecule has 0 aliphatic rings. The first-order valence-electron chi connectivity index (χ1n) is 8.22. The number of sulfone groups is 1. The highest BCUT2D eigenvalue weighted by molar-refractivity contribution is 7.91. The van der Waals surface area contributed by atoms with E-state index in [9.17, 15) is 13.2 Å². The van der Waals surface area contributed by atoms with Crippen molar-refractivity contribution in [3.63, 3.8) is 0 Å². The van der Waals surface area contributed by atoms with Crippen LogP contribution in [-0.4, -0.2) is 20.9 Å². The van der Waals surface area contributed by atoms with E-state index < -0.39 is 9.84 Å². The highest BCUT2D eigenvalue weighted by atomic mass is 32.2. The number of para-hydroxylation sites is 1. The molecule has 0 spiro atoms. The summed E-state index contributed by atoms with van der Waals surface area (Å²) in [5.74, 6) is -0.398. The molecule has 1 aromatic heterocycles. The molecule has 3 rings (SSSR count). The van der Waals surface area contributed by atoms with Gasteiger partial charge < -0.3 is 9.32 Å². The largest absolute Gasteiger partial charge is 0.439 e. The van der Waals surface area contributed by atoms with Crippen molar-refractivity contribution in [2.45, 2.75) is 23.8 Å². The van der Waals surface area contributed by atoms with Crippen molar-refractivity contribution in [1.82, 2.24) is 0 Å². The van der Waals surface area contributed by atoms with Crippen molar-refractivity contribution >= 4 is 21.4 Å². The molecule has 0 N–H and O–H groups in total. The van der Waals surface area contributed by atoms with E-state index in [1.165, 1.54) is 29.2 Å². The Kier molecular flexibility index (Phi) is 4.95. The molecule has 0 saturated heterocycles. The second-order valence-electron chi connectivity index (χ2n) is 5.82. The van der Waals surface area contributed by atoms with Gasteiger partial charge in [-0.3, -0.25) is 4.79 Å². The third-order valence-corrected chi connectivity index (χ3v) is 5.66. The van der Waals surface area contributed by atoms with Crippen LogP contribution >= 0.6 is 0 Å². The number of carbonyl (C=O) groups is 1. The molecule has 5 nitrogen and oxygen atoms in total. The molecule has 0 unspecified atom stereocenters. The Morgan fingerprint density at radius 3 is 2.23 bits per heavy atom. The zero-order valence-corrected chi connectivity index (χ0v) is 15.4. The van der Waals surface area contributed by atoms with Gasteiger partial charge in [0.2, 0.25) is 14.9 Å². The summed E-state index contributed by atoms with van der Waals surface area (Å²) in [7, 11) is -3.80. The van der Waals surface area contributed by atoms with Gasteiger partial charge in [0.1, 0.15) is 0 Å². The van der Waals surface area contributed by atoms with E-state index in [1.807, 2.05) is 44.2 Å². The monoisotopic (exact) mass is 369 g/mol. The van der Waals surface area contributed by atoms with Crippen LogP contribution in [0.15, 0.2) is 81.1 Å². The van der Waals surface area contributed by atoms with Crippen LogP contribution in [0.1, 0.15) is 23.0 Å². The van der Waals surface area contributed by atoms with E-state index in [0.29, 0.717) is 6.54 Å². The third-order valence-electron chi connectivity index (χ3n) is 4.02. The third kappa shape index (κ3) is 3.41. The second-order valence-corrected chi connectivity index (χ2v) is 7.70. The van der Waals surface area contributed by atoms with Crippen LogP contribution in [0, 0.1) is 6.92 Å². The van der Waals surface area contributed by atoms with Gasteiger partial charge in [-0.15, -0.1) is 0 Å². The molecule has 0 fully saturated rings. The fraction of sp³-hybridized carbons (Fsp3) is 0.150. The molecule has 2 aromatic carbocycles. The Morgan fingerprint density at radius 1 is 0.962 bits per heavy atom. The van der Waals surface area contributed by atoms with E-state index in [-0.39, 0.29) is 21.7 Å². The maximum absolute atomic E-state index is 12.7. The highest BCUT2D eigenvalue weighted by Gasteiger charge is 2.25. The number of benzene rings is 2. The van der Waals surface area contributed by atoms with Gasteiger partial charge in [0.05, 0.1) is 4.90 Å². The standard InChI is InChI=1S/C20H19NO4S/c1-3-21(16-7-5-4-6-8-16)20(22)18-13-14-19(25-18)26(23,24)17-11-9-15(2)10-12-17/h4-14H,3H2,1-2H3. The molecule has 0 aliphatic carbocycles. The lowest BCUT2D eigenvalue weighted by Crippen LogP contribution is -2.30. The van der Waals surface area contributed by atoms with E-state index in [0.717, 1.165) is 11.3 Å². The van der Waals surface area contributed by atoms with Crippen molar-refractivity contribution in [2.75, 3.05) is 11.4 Å². The average Bonchev–Trinajstić information content (AvgIpc) is 3.14. The maximum atomic E-state index is 12.7. The Labute approximate surface area is 152 Å². The van der Waals surface area contributed by atoms with Crippen LogP contribution in [0.5, 0.6) is 0 Å². The predicted octanol–water partition coefficient (Wildman–Crippen LogP) is 4.09. The Hall–Kier alpha value is -2.86. The first kappa shape index (κ1) is 17.9. The number of hydrogen-bond donors (Lipinski definition) is 0. The maximum Gasteiger partial charge on any atom is 0.294 e. The number of hydrogen-bond acceptors (Lipinski definition) is 4. The summed E-state index contributed by atoms with van der Waals surface area (Å²) in [6, 6.07) is 18.4. The Morgan fingerprint density at radius 2 is 1.62 bits per heavy atom. The molecular weight excluding hydrogens is 350 g/mol. The molecule has 134 valence electrons. The van der Waals surface area contributed by atoms with Crippen molar-refractivity contribution in [3.05, 3.63) is 78.1 Å². The van der Waals surface area contributed by atoms with Crippen molar-refractivity contribution in [2.24, 2.45) is 0 Å². The topological polar surface area (TPSA) is 67.6 Å². The summed E-state index contributed by atoms with van der Waals surface area (Å²) in [6.07, 6.45) is 0. The number of carbonyl (C=O) groups excluding carboxylic acids is 1. The number of rotatable bonds is 5. The first-order valence-corrected chi connectivity index (χ1v) is 9.70. The molecule has 0 bridgehead atoms. The van der Waals surface area contributed by atoms with Gasteiger partial charge in [-0.2, -0.15) is 0 Å². The first-order chi connectivity index (χ1) is 12.4. The molecule has 0 radical (unpaired) electrons. The Balaban J connectivity index is 1.91. The second kappa shape index (κ2) is 7.17. The van der Waals surface area contributed by atoms with Crippen LogP contribution in [0.4, 0.5) is 5.69 Å². The summed E-state index contributed by atoms with van der Waals surface area (Å²) < 4.78 is 30.8. The van der Waals surface area contributed by atoms with Crippen molar-refractivity contribution < 1.29 is 17.6 Å². The van der Waals surface area contributed by atoms with Crippen LogP contribution in [0.2, 0.25) is 0 Å². The molecule has 0 atom stereocenters. The minimum Gasteiger partial charge on any atom is -0.439 e. The van der Waals surface area contributed by atoms with Gasteiger partial charge in [0.25, 0.3) is 5.91 Å². The SMILES string of the molecule is CCN(C(=O)c1ccc(S(=O)(=O)c2ccc(C)cc2)o1)c1ccccc1. The Bertz CT molecular complexity index is 1010. The average molecular weight is 369 g/mol. The van der Waals surface area contributed by atoms with Gasteiger partial charge in [0.15, 0.2) is 5.76 Å². The summed E-state index contributed by atoms with van der Waals surface area (Å²) >= 11 is 0. The highest BCUT2D eigenvalue weighted by Crippen LogP contribution is 2.25. The molecule has 6 heteroatoms. The van der Waals surface area contributed by atoms with E-state index >= 15 is 0 Å². The number of amides is 1. The van der Waals surface area contributed by atoms with Crippen molar-refractivity contribution in [3.8, 4) is 0 Å². The molecular formula is C20H19NO4S. The molecule has 0 saturated carbocycles. The minimum atomic E-state index is -3.80. The molecule has 0 aliphatic heterocycles. The summed E-state index contributed by atoms with van der Waals surface area (Å²) in [5, 5.41) is -0.242. The smallest absolute Gasteiger partial charge is 0.294 e. The van der Waals surface area contributed by atoms with Crippen LogP contribution in [0.3, 0.4) is 0 Å². The van der Waals surface area contributed by atoms with Crippen LogP contribution < -0.4 is 4.90 Å². The molecule has 26 heavy (non-hydrogen) atoms. The minimum absolute atomic E-state index is 0.0126. The molecule has 1 amide bonds. The number of aryl methyl sites for hydroxylation is 1. The lowest BCUT2D eigenvalue weighted by Gasteiger charge is -2.19. The van der Waals surface area contributed by atoms with E-state index in [2.05, 4.69) is 0 Å². The summed E-state index contributed by atoms with van der Waals surface area (Å²) in [5.41, 5.74) is 1.68. The number of nitrogens with zero attached hydrogens (tertiary/aromatic N) is 1. The zero-order valence-electron chi connectivity index (χ0n) is 14.5. The normalized spacial score (nSPS) is 11.3. The summed E-state index contributed by atoms with van der Waals surface area (Å²) in [4.78, 5) is 14.4. The lowest BCUT2D eigenvalue weighted by molar-refractivity contribution is 0.0956. The zero-order chi connectivity index (χ0) is 18.7. The molecule has 3 aromatic rings. The van der Waals surface area contributed by atoms with Gasteiger partial charge in [-0.1, -0.05) is 35.9 Å². The quantitative estimate of drug-likeness (QED) is 0.679. The predicted molar refractivity (Wildman–Crippen MR) is 99.1 cm³/mol. The number of anilines is 1. The van der Waals surface area contributed by atoms with Gasteiger partial charge in [0, 0.05) is 12.2 Å². The van der Waals surface area contributed by atoms with E-state index in [1.54, 1.807) is 12.1 Å². The van der Waals surface area contributed by atoms with Crippen LogP contribution in [0.25, 0.3) is 0 Å². The summed E-state index contributed by atoms with van der Waals surface area (Å²) in [6.45, 7) is 4.16. The lowest BCUT2D eigenvalue weighted by atomic mass is 10.2. The van der Waals surface area contributed by atoms with Gasteiger partial charge in [-0.25, -0.2) is 8.42 Å². The van der Waals surface area contributed by atoms with E-state index in [4.69, 9.17) is 4.42 Å². The molecule has 1 heterocycles. The fourth-order valence-corrected chi connectivity index (χ4v) is 3.77. The van der Waals surface area contributed by atoms with Crippen molar-refractivity contribution in [1.29, 1.82) is 0 Å². The van der Waals surface area contributed by atoms with Crippen LogP contribution in [-0.2, 0) is 9.84 Å². The fourth-order valence-electron chi connectivity index (χ4n) is 2.60. The van der Waals surface area contributed by atoms with Gasteiger partial charge in [-0.05, 0) is 50.2 Å².